The largest absolute Gasteiger partial charge is 0.497 e. The van der Waals surface area contributed by atoms with Gasteiger partial charge in [-0.3, -0.25) is 9.59 Å². The predicted octanol–water partition coefficient (Wildman–Crippen LogP) is 3.60. The molecule has 0 spiro atoms. The molecule has 6 nitrogen and oxygen atoms in total. The molecular formula is C24H29ClN2O4. The Labute approximate surface area is 188 Å². The fraction of sp³-hybridized carbons (Fsp3) is 0.417. The number of amides is 2. The minimum Gasteiger partial charge on any atom is -0.497 e. The van der Waals surface area contributed by atoms with E-state index in [1.807, 2.05) is 36.4 Å². The number of carbonyl (C=O) groups is 2. The van der Waals surface area contributed by atoms with Crippen molar-refractivity contribution in [3.8, 4) is 5.75 Å². The Morgan fingerprint density at radius 1 is 1.16 bits per heavy atom. The molecule has 166 valence electrons. The molecule has 1 fully saturated rings. The van der Waals surface area contributed by atoms with Crippen LogP contribution in [0.1, 0.15) is 30.9 Å². The minimum absolute atomic E-state index is 0.0518. The highest BCUT2D eigenvalue weighted by molar-refractivity contribution is 6.30. The fourth-order valence-electron chi connectivity index (χ4n) is 3.56. The molecule has 2 aromatic rings. The third kappa shape index (κ3) is 6.71. The minimum atomic E-state index is -0.622. The number of halogens is 1. The Kier molecular flexibility index (Phi) is 8.32. The average Bonchev–Trinajstić information content (AvgIpc) is 3.31. The number of rotatable bonds is 9. The van der Waals surface area contributed by atoms with Gasteiger partial charge >= 0.3 is 0 Å². The molecule has 0 aromatic heterocycles. The van der Waals surface area contributed by atoms with E-state index < -0.39 is 6.04 Å². The number of ether oxygens (including phenoxy) is 2. The van der Waals surface area contributed by atoms with Gasteiger partial charge < -0.3 is 19.7 Å². The van der Waals surface area contributed by atoms with Gasteiger partial charge in [0.25, 0.3) is 0 Å². The number of methoxy groups -OCH3 is 1. The number of hydrogen-bond donors (Lipinski definition) is 1. The molecule has 2 unspecified atom stereocenters. The van der Waals surface area contributed by atoms with E-state index in [-0.39, 0.29) is 24.3 Å². The summed E-state index contributed by atoms with van der Waals surface area (Å²) in [4.78, 5) is 27.6. The van der Waals surface area contributed by atoms with Crippen molar-refractivity contribution in [1.82, 2.24) is 10.2 Å². The molecule has 1 saturated heterocycles. The highest BCUT2D eigenvalue weighted by atomic mass is 35.5. The standard InChI is InChI=1S/C24H29ClN2O4/c1-17(24(29)26-15-22-4-3-13-31-22)27(16-19-7-11-21(30-2)12-8-19)23(28)14-18-5-9-20(25)10-6-18/h5-12,17,22H,3-4,13-16H2,1-2H3,(H,26,29). The van der Waals surface area contributed by atoms with Crippen LogP contribution in [0.3, 0.4) is 0 Å². The number of hydrogen-bond acceptors (Lipinski definition) is 4. The van der Waals surface area contributed by atoms with E-state index in [1.165, 1.54) is 0 Å². The van der Waals surface area contributed by atoms with Crippen LogP contribution in [0.4, 0.5) is 0 Å². The summed E-state index contributed by atoms with van der Waals surface area (Å²) in [5.41, 5.74) is 1.77. The Morgan fingerprint density at radius 3 is 2.45 bits per heavy atom. The Balaban J connectivity index is 1.71. The lowest BCUT2D eigenvalue weighted by Gasteiger charge is -2.29. The summed E-state index contributed by atoms with van der Waals surface area (Å²) in [7, 11) is 1.61. The summed E-state index contributed by atoms with van der Waals surface area (Å²) in [5, 5.41) is 3.56. The van der Waals surface area contributed by atoms with Crippen LogP contribution in [0.2, 0.25) is 5.02 Å². The number of carbonyl (C=O) groups excluding carboxylic acids is 2. The highest BCUT2D eigenvalue weighted by Gasteiger charge is 2.27. The normalized spacial score (nSPS) is 16.5. The van der Waals surface area contributed by atoms with Crippen molar-refractivity contribution in [2.75, 3.05) is 20.3 Å². The van der Waals surface area contributed by atoms with E-state index in [0.29, 0.717) is 18.1 Å². The summed E-state index contributed by atoms with van der Waals surface area (Å²) in [6, 6.07) is 14.0. The van der Waals surface area contributed by atoms with Crippen LogP contribution in [-0.4, -0.2) is 49.1 Å². The molecule has 2 amide bonds. The molecule has 0 bridgehead atoms. The van der Waals surface area contributed by atoms with E-state index in [2.05, 4.69) is 5.32 Å². The number of nitrogens with zero attached hydrogens (tertiary/aromatic N) is 1. The van der Waals surface area contributed by atoms with Crippen LogP contribution >= 0.6 is 11.6 Å². The second-order valence-electron chi connectivity index (χ2n) is 7.73. The van der Waals surface area contributed by atoms with E-state index in [4.69, 9.17) is 21.1 Å². The van der Waals surface area contributed by atoms with Crippen molar-refractivity contribution in [2.45, 2.75) is 44.9 Å². The topological polar surface area (TPSA) is 67.9 Å². The van der Waals surface area contributed by atoms with E-state index in [9.17, 15) is 9.59 Å². The molecule has 0 radical (unpaired) electrons. The second kappa shape index (κ2) is 11.2. The number of nitrogens with one attached hydrogen (secondary N) is 1. The Bertz CT molecular complexity index is 864. The molecule has 7 heteroatoms. The molecule has 1 N–H and O–H groups in total. The maximum Gasteiger partial charge on any atom is 0.242 e. The van der Waals surface area contributed by atoms with E-state index >= 15 is 0 Å². The first-order chi connectivity index (χ1) is 15.0. The third-order valence-corrected chi connectivity index (χ3v) is 5.73. The second-order valence-corrected chi connectivity index (χ2v) is 8.17. The summed E-state index contributed by atoms with van der Waals surface area (Å²) in [6.07, 6.45) is 2.20. The van der Waals surface area contributed by atoms with Crippen LogP contribution in [0, 0.1) is 0 Å². The molecule has 0 aliphatic carbocycles. The van der Waals surface area contributed by atoms with Gasteiger partial charge in [-0.25, -0.2) is 0 Å². The Morgan fingerprint density at radius 2 is 1.84 bits per heavy atom. The van der Waals surface area contributed by atoms with Crippen LogP contribution in [0.5, 0.6) is 5.75 Å². The SMILES string of the molecule is COc1ccc(CN(C(=O)Cc2ccc(Cl)cc2)C(C)C(=O)NCC2CCCO2)cc1. The monoisotopic (exact) mass is 444 g/mol. The zero-order valence-corrected chi connectivity index (χ0v) is 18.7. The fourth-order valence-corrected chi connectivity index (χ4v) is 3.68. The lowest BCUT2D eigenvalue weighted by atomic mass is 10.1. The van der Waals surface area contributed by atoms with Gasteiger partial charge in [0, 0.05) is 24.7 Å². The van der Waals surface area contributed by atoms with Crippen LogP contribution in [0.25, 0.3) is 0 Å². The summed E-state index contributed by atoms with van der Waals surface area (Å²) in [5.74, 6) is 0.427. The average molecular weight is 445 g/mol. The van der Waals surface area contributed by atoms with E-state index in [1.54, 1.807) is 31.1 Å². The van der Waals surface area contributed by atoms with Crippen LogP contribution in [0.15, 0.2) is 48.5 Å². The molecule has 1 aliphatic heterocycles. The molecule has 31 heavy (non-hydrogen) atoms. The molecule has 2 aromatic carbocycles. The Hall–Kier alpha value is -2.57. The van der Waals surface area contributed by atoms with Crippen molar-refractivity contribution in [2.24, 2.45) is 0 Å². The lowest BCUT2D eigenvalue weighted by molar-refractivity contribution is -0.140. The van der Waals surface area contributed by atoms with Gasteiger partial charge in [0.2, 0.25) is 11.8 Å². The van der Waals surface area contributed by atoms with Crippen LogP contribution in [-0.2, 0) is 27.3 Å². The van der Waals surface area contributed by atoms with Gasteiger partial charge in [-0.15, -0.1) is 0 Å². The summed E-state index contributed by atoms with van der Waals surface area (Å²) >= 11 is 5.95. The van der Waals surface area contributed by atoms with Crippen molar-refractivity contribution < 1.29 is 19.1 Å². The predicted molar refractivity (Wildman–Crippen MR) is 120 cm³/mol. The maximum absolute atomic E-state index is 13.2. The zero-order valence-electron chi connectivity index (χ0n) is 18.0. The lowest BCUT2D eigenvalue weighted by Crippen LogP contribution is -2.49. The van der Waals surface area contributed by atoms with Crippen molar-refractivity contribution in [3.63, 3.8) is 0 Å². The van der Waals surface area contributed by atoms with E-state index in [0.717, 1.165) is 36.3 Å². The molecular weight excluding hydrogens is 416 g/mol. The first-order valence-electron chi connectivity index (χ1n) is 10.5. The smallest absolute Gasteiger partial charge is 0.242 e. The van der Waals surface area contributed by atoms with Crippen LogP contribution < -0.4 is 10.1 Å². The van der Waals surface area contributed by atoms with Crippen molar-refractivity contribution >= 4 is 23.4 Å². The molecule has 3 rings (SSSR count). The van der Waals surface area contributed by atoms with Gasteiger partial charge in [0.05, 0.1) is 19.6 Å². The molecule has 2 atom stereocenters. The molecule has 1 aliphatic rings. The quantitative estimate of drug-likeness (QED) is 0.641. The van der Waals surface area contributed by atoms with Gasteiger partial charge in [-0.05, 0) is 55.2 Å². The maximum atomic E-state index is 13.2. The van der Waals surface area contributed by atoms with Gasteiger partial charge in [-0.1, -0.05) is 35.9 Å². The summed E-state index contributed by atoms with van der Waals surface area (Å²) in [6.45, 7) is 3.28. The van der Waals surface area contributed by atoms with Crippen molar-refractivity contribution in [1.29, 1.82) is 0 Å². The first kappa shape index (κ1) is 23.1. The third-order valence-electron chi connectivity index (χ3n) is 5.48. The molecule has 0 saturated carbocycles. The zero-order chi connectivity index (χ0) is 22.2. The van der Waals surface area contributed by atoms with Gasteiger partial charge in [0.15, 0.2) is 0 Å². The van der Waals surface area contributed by atoms with Crippen molar-refractivity contribution in [3.05, 3.63) is 64.7 Å². The number of benzene rings is 2. The summed E-state index contributed by atoms with van der Waals surface area (Å²) < 4.78 is 10.8. The highest BCUT2D eigenvalue weighted by Crippen LogP contribution is 2.17. The van der Waals surface area contributed by atoms with Gasteiger partial charge in [-0.2, -0.15) is 0 Å². The first-order valence-corrected chi connectivity index (χ1v) is 10.9. The van der Waals surface area contributed by atoms with Gasteiger partial charge in [0.1, 0.15) is 11.8 Å². The molecule has 1 heterocycles.